The normalized spacial score (nSPS) is 53.6. The van der Waals surface area contributed by atoms with Crippen LogP contribution in [0.2, 0.25) is 0 Å². The zero-order valence-electron chi connectivity index (χ0n) is 17.5. The highest BCUT2D eigenvalue weighted by Crippen LogP contribution is 2.69. The fourth-order valence-electron chi connectivity index (χ4n) is 8.22. The lowest BCUT2D eigenvalue weighted by Gasteiger charge is -2.60. The molecule has 6 heteroatoms. The molecule has 160 valence electrons. The number of allylic oxidation sites excluding steroid dienone is 1. The molecule has 5 rings (SSSR count). The monoisotopic (exact) mass is 404 g/mol. The fourth-order valence-corrected chi connectivity index (χ4v) is 8.22. The van der Waals surface area contributed by atoms with Crippen molar-refractivity contribution in [1.29, 1.82) is 0 Å². The van der Waals surface area contributed by atoms with Crippen LogP contribution in [-0.2, 0) is 19.1 Å². The van der Waals surface area contributed by atoms with Crippen LogP contribution in [0.1, 0.15) is 59.3 Å². The van der Waals surface area contributed by atoms with E-state index in [1.807, 2.05) is 6.08 Å². The minimum atomic E-state index is -1.18. The lowest BCUT2D eigenvalue weighted by molar-refractivity contribution is -0.200. The van der Waals surface area contributed by atoms with Crippen molar-refractivity contribution in [3.8, 4) is 0 Å². The van der Waals surface area contributed by atoms with Crippen molar-refractivity contribution in [2.24, 2.45) is 28.6 Å². The number of aliphatic hydroxyl groups is 2. The average Bonchev–Trinajstić information content (AvgIpc) is 3.12. The smallest absolute Gasteiger partial charge is 0.193 e. The van der Waals surface area contributed by atoms with E-state index in [2.05, 4.69) is 13.8 Å². The van der Waals surface area contributed by atoms with E-state index in [0.29, 0.717) is 19.3 Å². The molecule has 0 aromatic carbocycles. The molecule has 0 aromatic heterocycles. The third-order valence-electron chi connectivity index (χ3n) is 9.32. The lowest BCUT2D eigenvalue weighted by atomic mass is 9.45. The van der Waals surface area contributed by atoms with Crippen LogP contribution in [0.25, 0.3) is 0 Å². The summed E-state index contributed by atoms with van der Waals surface area (Å²) in [4.78, 5) is 25.0. The first kappa shape index (κ1) is 19.9. The highest BCUT2D eigenvalue weighted by molar-refractivity contribution is 5.92. The number of hydrogen-bond acceptors (Lipinski definition) is 6. The molecule has 1 heterocycles. The second-order valence-corrected chi connectivity index (χ2v) is 10.4. The molecule has 5 aliphatic rings. The molecule has 1 unspecified atom stereocenters. The van der Waals surface area contributed by atoms with Gasteiger partial charge in [-0.3, -0.25) is 9.59 Å². The molecule has 2 N–H and O–H groups in total. The number of Topliss-reactive ketones (excluding diaryl/α,β-unsaturated/α-hetero) is 1. The number of ether oxygens (including phenoxy) is 2. The third-order valence-corrected chi connectivity index (χ3v) is 9.32. The molecular weight excluding hydrogens is 372 g/mol. The predicted octanol–water partition coefficient (Wildman–Crippen LogP) is 2.16. The van der Waals surface area contributed by atoms with Gasteiger partial charge in [0.15, 0.2) is 23.5 Å². The van der Waals surface area contributed by atoms with E-state index >= 15 is 0 Å². The number of fused-ring (bicyclic) bond motifs is 7. The fraction of sp³-hybridized carbons (Fsp3) is 0.826. The van der Waals surface area contributed by atoms with Gasteiger partial charge in [0.2, 0.25) is 0 Å². The number of carbonyl (C=O) groups is 2. The molecule has 4 fully saturated rings. The Bertz CT molecular complexity index is 790. The van der Waals surface area contributed by atoms with Gasteiger partial charge in [0, 0.05) is 11.8 Å². The van der Waals surface area contributed by atoms with E-state index in [-0.39, 0.29) is 40.8 Å². The minimum absolute atomic E-state index is 0.0752. The maximum absolute atomic E-state index is 13.0. The molecular formula is C23H32O6. The van der Waals surface area contributed by atoms with E-state index < -0.39 is 30.0 Å². The summed E-state index contributed by atoms with van der Waals surface area (Å²) in [6.45, 7) is 5.49. The van der Waals surface area contributed by atoms with Crippen molar-refractivity contribution in [2.75, 3.05) is 6.61 Å². The number of ketones is 2. The third kappa shape index (κ3) is 2.32. The van der Waals surface area contributed by atoms with Crippen molar-refractivity contribution in [3.05, 3.63) is 11.6 Å². The maximum Gasteiger partial charge on any atom is 0.193 e. The van der Waals surface area contributed by atoms with Gasteiger partial charge in [-0.05, 0) is 68.3 Å². The molecule has 1 saturated heterocycles. The number of rotatable bonds is 2. The zero-order valence-corrected chi connectivity index (χ0v) is 17.5. The van der Waals surface area contributed by atoms with Crippen LogP contribution in [0.15, 0.2) is 11.6 Å². The Kier molecular flexibility index (Phi) is 4.26. The first-order valence-corrected chi connectivity index (χ1v) is 11.1. The molecule has 0 spiro atoms. The lowest BCUT2D eigenvalue weighted by Crippen LogP contribution is -2.63. The second-order valence-electron chi connectivity index (χ2n) is 10.4. The van der Waals surface area contributed by atoms with Crippen LogP contribution in [-0.4, -0.2) is 52.5 Å². The Morgan fingerprint density at radius 3 is 2.79 bits per heavy atom. The Hall–Kier alpha value is -1.08. The number of aliphatic hydroxyl groups excluding tert-OH is 2. The van der Waals surface area contributed by atoms with Crippen LogP contribution in [0.5, 0.6) is 0 Å². The van der Waals surface area contributed by atoms with Gasteiger partial charge in [-0.2, -0.15) is 0 Å². The summed E-state index contributed by atoms with van der Waals surface area (Å²) in [5, 5.41) is 21.2. The molecule has 4 aliphatic carbocycles. The highest BCUT2D eigenvalue weighted by Gasteiger charge is 2.75. The molecule has 0 radical (unpaired) electrons. The van der Waals surface area contributed by atoms with Gasteiger partial charge in [0.05, 0.1) is 12.2 Å². The molecule has 9 atom stereocenters. The van der Waals surface area contributed by atoms with Gasteiger partial charge in [-0.25, -0.2) is 0 Å². The first-order chi connectivity index (χ1) is 13.7. The number of hydrogen-bond donors (Lipinski definition) is 2. The van der Waals surface area contributed by atoms with Gasteiger partial charge >= 0.3 is 0 Å². The first-order valence-electron chi connectivity index (χ1n) is 11.1. The standard InChI is InChI=1S/C23H32O6/c1-12-28-19-9-16-15-5-4-13-8-14(25)6-7-21(13,2)20(15)17(26)10-22(16,3)23(19,29-12)18(27)11-24/h8,12,15-17,19-20,24,26H,4-7,9-11H2,1-3H3/t12?,15-,16-,17-,19+,20+,21-,22-,23+/m0/s1. The molecule has 0 bridgehead atoms. The van der Waals surface area contributed by atoms with Gasteiger partial charge in [-0.15, -0.1) is 0 Å². The largest absolute Gasteiger partial charge is 0.393 e. The second kappa shape index (κ2) is 6.22. The molecule has 29 heavy (non-hydrogen) atoms. The van der Waals surface area contributed by atoms with Crippen molar-refractivity contribution in [3.63, 3.8) is 0 Å². The summed E-state index contributed by atoms with van der Waals surface area (Å²) in [5.41, 5.74) is -0.737. The average molecular weight is 405 g/mol. The molecule has 6 nitrogen and oxygen atoms in total. The highest BCUT2D eigenvalue weighted by atomic mass is 16.7. The van der Waals surface area contributed by atoms with E-state index in [4.69, 9.17) is 9.47 Å². The quantitative estimate of drug-likeness (QED) is 0.733. The summed E-state index contributed by atoms with van der Waals surface area (Å²) >= 11 is 0. The Balaban J connectivity index is 1.58. The van der Waals surface area contributed by atoms with Gasteiger partial charge < -0.3 is 19.7 Å². The zero-order chi connectivity index (χ0) is 20.8. The van der Waals surface area contributed by atoms with E-state index in [1.165, 1.54) is 5.57 Å². The van der Waals surface area contributed by atoms with Crippen molar-refractivity contribution >= 4 is 11.6 Å². The molecule has 1 aliphatic heterocycles. The van der Waals surface area contributed by atoms with E-state index in [9.17, 15) is 19.8 Å². The maximum atomic E-state index is 13.0. The number of carbonyl (C=O) groups excluding carboxylic acids is 2. The topological polar surface area (TPSA) is 93.1 Å². The minimum Gasteiger partial charge on any atom is -0.393 e. The SMILES string of the molecule is CC1O[C@@H]2C[C@H]3[C@@H]4CCC5=CC(=O)CC[C@]5(C)[C@H]4[C@@H](O)C[C@]3(C)[C@]2(C(=O)CO)O1. The van der Waals surface area contributed by atoms with E-state index in [1.54, 1.807) is 6.92 Å². The van der Waals surface area contributed by atoms with Gasteiger partial charge in [-0.1, -0.05) is 19.4 Å². The van der Waals surface area contributed by atoms with Crippen LogP contribution in [0, 0.1) is 28.6 Å². The molecule has 0 aromatic rings. The summed E-state index contributed by atoms with van der Waals surface area (Å²) in [6, 6.07) is 0. The summed E-state index contributed by atoms with van der Waals surface area (Å²) < 4.78 is 12.2. The Labute approximate surface area is 171 Å². The van der Waals surface area contributed by atoms with Crippen molar-refractivity contribution in [2.45, 2.75) is 83.4 Å². The summed E-state index contributed by atoms with van der Waals surface area (Å²) in [7, 11) is 0. The van der Waals surface area contributed by atoms with Crippen LogP contribution in [0.3, 0.4) is 0 Å². The molecule has 0 amide bonds. The Morgan fingerprint density at radius 1 is 1.31 bits per heavy atom. The summed E-state index contributed by atoms with van der Waals surface area (Å²) in [5.74, 6) is 0.375. The molecule has 3 saturated carbocycles. The predicted molar refractivity (Wildman–Crippen MR) is 104 cm³/mol. The van der Waals surface area contributed by atoms with Gasteiger partial charge in [0.25, 0.3) is 0 Å². The van der Waals surface area contributed by atoms with Crippen LogP contribution < -0.4 is 0 Å². The summed E-state index contributed by atoms with van der Waals surface area (Å²) in [6.07, 6.45) is 4.64. The van der Waals surface area contributed by atoms with E-state index in [0.717, 1.165) is 19.3 Å². The van der Waals surface area contributed by atoms with Crippen molar-refractivity contribution < 1.29 is 29.3 Å². The van der Waals surface area contributed by atoms with Crippen LogP contribution >= 0.6 is 0 Å². The van der Waals surface area contributed by atoms with Gasteiger partial charge in [0.1, 0.15) is 6.61 Å². The van der Waals surface area contributed by atoms with Crippen LogP contribution in [0.4, 0.5) is 0 Å². The van der Waals surface area contributed by atoms with Crippen molar-refractivity contribution in [1.82, 2.24) is 0 Å². The Morgan fingerprint density at radius 2 is 2.07 bits per heavy atom.